The third-order valence-corrected chi connectivity index (χ3v) is 4.41. The molecule has 2 N–H and O–H groups in total. The molecule has 0 aliphatic carbocycles. The normalized spacial score (nSPS) is 19.8. The van der Waals surface area contributed by atoms with Gasteiger partial charge in [0, 0.05) is 51.0 Å². The second-order valence-electron chi connectivity index (χ2n) is 5.81. The number of aromatic nitrogens is 4. The van der Waals surface area contributed by atoms with E-state index in [2.05, 4.69) is 49.1 Å². The van der Waals surface area contributed by atoms with Gasteiger partial charge in [-0.15, -0.1) is 0 Å². The van der Waals surface area contributed by atoms with Crippen LogP contribution in [0.3, 0.4) is 0 Å². The zero-order valence-corrected chi connectivity index (χ0v) is 12.7. The van der Waals surface area contributed by atoms with Gasteiger partial charge in [-0.3, -0.25) is 10.00 Å². The van der Waals surface area contributed by atoms with E-state index in [0.29, 0.717) is 0 Å². The smallest absolute Gasteiger partial charge is 0.127 e. The van der Waals surface area contributed by atoms with Crippen molar-refractivity contribution in [1.29, 1.82) is 0 Å². The minimum atomic E-state index is 0.288. The highest BCUT2D eigenvalue weighted by molar-refractivity contribution is 5.81. The minimum Gasteiger partial charge on any atom is -0.337 e. The summed E-state index contributed by atoms with van der Waals surface area (Å²) in [7, 11) is 2.06. The second-order valence-corrected chi connectivity index (χ2v) is 5.81. The van der Waals surface area contributed by atoms with Crippen molar-refractivity contribution in [1.82, 2.24) is 30.0 Å². The van der Waals surface area contributed by atoms with Gasteiger partial charge in [0.2, 0.25) is 0 Å². The number of aromatic amines is 1. The minimum absolute atomic E-state index is 0.288. The van der Waals surface area contributed by atoms with Gasteiger partial charge in [-0.2, -0.15) is 5.10 Å². The lowest BCUT2D eigenvalue weighted by molar-refractivity contribution is 0.143. The molecule has 0 spiro atoms. The van der Waals surface area contributed by atoms with Crippen LogP contribution in [-0.2, 0) is 13.6 Å². The van der Waals surface area contributed by atoms with Crippen LogP contribution in [0.4, 0.5) is 0 Å². The third-order valence-electron chi connectivity index (χ3n) is 4.41. The Morgan fingerprint density at radius 2 is 2.23 bits per heavy atom. The maximum Gasteiger partial charge on any atom is 0.127 e. The highest BCUT2D eigenvalue weighted by Crippen LogP contribution is 2.24. The summed E-state index contributed by atoms with van der Waals surface area (Å²) in [5.74, 6) is 1.11. The van der Waals surface area contributed by atoms with Gasteiger partial charge in [0.15, 0.2) is 0 Å². The van der Waals surface area contributed by atoms with Crippen molar-refractivity contribution >= 4 is 10.9 Å². The van der Waals surface area contributed by atoms with E-state index in [1.807, 2.05) is 24.5 Å². The van der Waals surface area contributed by atoms with Gasteiger partial charge in [0.05, 0.1) is 17.3 Å². The number of hydrogen-bond acceptors (Lipinski definition) is 4. The summed E-state index contributed by atoms with van der Waals surface area (Å²) in [5.41, 5.74) is 2.21. The molecule has 0 saturated carbocycles. The summed E-state index contributed by atoms with van der Waals surface area (Å²) in [6.45, 7) is 3.80. The van der Waals surface area contributed by atoms with E-state index in [9.17, 15) is 0 Å². The first-order valence-corrected chi connectivity index (χ1v) is 7.67. The summed E-state index contributed by atoms with van der Waals surface area (Å²) < 4.78 is 2.11. The number of H-pyrrole nitrogens is 1. The van der Waals surface area contributed by atoms with Gasteiger partial charge in [-0.25, -0.2) is 4.98 Å². The van der Waals surface area contributed by atoms with Crippen LogP contribution >= 0.6 is 0 Å². The lowest BCUT2D eigenvalue weighted by Crippen LogP contribution is -2.46. The largest absolute Gasteiger partial charge is 0.337 e. The van der Waals surface area contributed by atoms with Crippen molar-refractivity contribution in [3.8, 4) is 0 Å². The quantitative estimate of drug-likeness (QED) is 0.768. The molecule has 1 aliphatic heterocycles. The molecule has 0 amide bonds. The van der Waals surface area contributed by atoms with E-state index in [-0.39, 0.29) is 6.04 Å². The van der Waals surface area contributed by atoms with E-state index < -0.39 is 0 Å². The van der Waals surface area contributed by atoms with Gasteiger partial charge in [-0.05, 0) is 6.07 Å². The van der Waals surface area contributed by atoms with Crippen LogP contribution in [0, 0.1) is 0 Å². The third kappa shape index (κ3) is 2.30. The lowest BCUT2D eigenvalue weighted by Gasteiger charge is -2.35. The van der Waals surface area contributed by atoms with Crippen LogP contribution in [0.2, 0.25) is 0 Å². The number of benzene rings is 1. The summed E-state index contributed by atoms with van der Waals surface area (Å²) in [4.78, 5) is 7.01. The first-order valence-electron chi connectivity index (χ1n) is 7.67. The molecule has 3 aromatic rings. The number of piperazine rings is 1. The highest BCUT2D eigenvalue weighted by Gasteiger charge is 2.27. The van der Waals surface area contributed by atoms with Gasteiger partial charge < -0.3 is 9.88 Å². The van der Waals surface area contributed by atoms with Crippen LogP contribution in [0.5, 0.6) is 0 Å². The predicted octanol–water partition coefficient (Wildman–Crippen LogP) is 1.44. The van der Waals surface area contributed by atoms with Crippen LogP contribution in [-0.4, -0.2) is 44.3 Å². The molecule has 0 bridgehead atoms. The Balaban J connectivity index is 1.64. The molecule has 1 aromatic carbocycles. The summed E-state index contributed by atoms with van der Waals surface area (Å²) >= 11 is 0. The molecule has 1 aliphatic rings. The molecule has 1 atom stereocenters. The molecule has 2 aromatic heterocycles. The van der Waals surface area contributed by atoms with E-state index in [0.717, 1.165) is 37.5 Å². The molecule has 1 unspecified atom stereocenters. The Bertz CT molecular complexity index is 774. The predicted molar refractivity (Wildman–Crippen MR) is 85.3 cm³/mol. The molecule has 6 heteroatoms. The summed E-state index contributed by atoms with van der Waals surface area (Å²) in [5, 5.41) is 12.3. The molecule has 1 saturated heterocycles. The Hall–Kier alpha value is -2.18. The SMILES string of the molecule is Cn1ccnc1C1CNCCN1Cc1[nH]nc2ccccc12. The van der Waals surface area contributed by atoms with Crippen molar-refractivity contribution in [2.24, 2.45) is 7.05 Å². The van der Waals surface area contributed by atoms with Crippen molar-refractivity contribution in [3.63, 3.8) is 0 Å². The standard InChI is InChI=1S/C16H20N6/c1-21-8-7-18-16(21)15-10-17-6-9-22(15)11-14-12-4-2-3-5-13(12)19-20-14/h2-5,7-8,15,17H,6,9-11H2,1H3,(H,19,20). The van der Waals surface area contributed by atoms with Crippen LogP contribution in [0.25, 0.3) is 10.9 Å². The van der Waals surface area contributed by atoms with E-state index in [4.69, 9.17) is 0 Å². The van der Waals surface area contributed by atoms with Crippen LogP contribution in [0.1, 0.15) is 17.6 Å². The number of hydrogen-bond donors (Lipinski definition) is 2. The number of nitrogens with one attached hydrogen (secondary N) is 2. The molecule has 1 fully saturated rings. The molecule has 0 radical (unpaired) electrons. The Morgan fingerprint density at radius 3 is 3.09 bits per heavy atom. The van der Waals surface area contributed by atoms with E-state index in [1.165, 1.54) is 11.1 Å². The maximum atomic E-state index is 4.54. The molecular weight excluding hydrogens is 276 g/mol. The first-order chi connectivity index (χ1) is 10.8. The number of para-hydroxylation sites is 1. The van der Waals surface area contributed by atoms with E-state index >= 15 is 0 Å². The second kappa shape index (κ2) is 5.55. The Labute approximate surface area is 129 Å². The average Bonchev–Trinajstić information content (AvgIpc) is 3.15. The number of fused-ring (bicyclic) bond motifs is 1. The molecule has 4 rings (SSSR count). The monoisotopic (exact) mass is 296 g/mol. The van der Waals surface area contributed by atoms with E-state index in [1.54, 1.807) is 0 Å². The van der Waals surface area contributed by atoms with Gasteiger partial charge in [0.25, 0.3) is 0 Å². The number of imidazole rings is 1. The van der Waals surface area contributed by atoms with Crippen LogP contribution < -0.4 is 5.32 Å². The lowest BCUT2D eigenvalue weighted by atomic mass is 10.1. The fourth-order valence-electron chi connectivity index (χ4n) is 3.23. The van der Waals surface area contributed by atoms with Gasteiger partial charge >= 0.3 is 0 Å². The number of aryl methyl sites for hydroxylation is 1. The zero-order chi connectivity index (χ0) is 14.9. The summed E-state index contributed by atoms with van der Waals surface area (Å²) in [6, 6.07) is 8.55. The van der Waals surface area contributed by atoms with Crippen molar-refractivity contribution in [2.45, 2.75) is 12.6 Å². The van der Waals surface area contributed by atoms with Crippen molar-refractivity contribution < 1.29 is 0 Å². The fraction of sp³-hybridized carbons (Fsp3) is 0.375. The zero-order valence-electron chi connectivity index (χ0n) is 12.7. The Kier molecular flexibility index (Phi) is 3.40. The van der Waals surface area contributed by atoms with Crippen LogP contribution in [0.15, 0.2) is 36.7 Å². The number of rotatable bonds is 3. The Morgan fingerprint density at radius 1 is 1.32 bits per heavy atom. The first kappa shape index (κ1) is 13.5. The molecule has 6 nitrogen and oxygen atoms in total. The maximum absolute atomic E-state index is 4.54. The molecule has 114 valence electrons. The van der Waals surface area contributed by atoms with Gasteiger partial charge in [-0.1, -0.05) is 18.2 Å². The molecular formula is C16H20N6. The average molecular weight is 296 g/mol. The number of nitrogens with zero attached hydrogens (tertiary/aromatic N) is 4. The topological polar surface area (TPSA) is 61.8 Å². The summed E-state index contributed by atoms with van der Waals surface area (Å²) in [6.07, 6.45) is 3.88. The molecule has 3 heterocycles. The van der Waals surface area contributed by atoms with Gasteiger partial charge in [0.1, 0.15) is 5.82 Å². The van der Waals surface area contributed by atoms with Crippen molar-refractivity contribution in [3.05, 3.63) is 48.2 Å². The fourth-order valence-corrected chi connectivity index (χ4v) is 3.23. The molecule has 22 heavy (non-hydrogen) atoms. The van der Waals surface area contributed by atoms with Crippen molar-refractivity contribution in [2.75, 3.05) is 19.6 Å². The highest BCUT2D eigenvalue weighted by atomic mass is 15.3.